The maximum absolute atomic E-state index is 4.84. The van der Waals surface area contributed by atoms with Gasteiger partial charge in [-0.2, -0.15) is 0 Å². The third-order valence-electron chi connectivity index (χ3n) is 3.86. The molecule has 5 heteroatoms. The summed E-state index contributed by atoms with van der Waals surface area (Å²) < 4.78 is 0. The summed E-state index contributed by atoms with van der Waals surface area (Å²) >= 11 is 0. The molecule has 1 rings (SSSR count). The van der Waals surface area contributed by atoms with Gasteiger partial charge in [0.2, 0.25) is 0 Å². The van der Waals surface area contributed by atoms with Crippen LogP contribution in [-0.4, -0.2) is 62.6 Å². The molecule has 0 heterocycles. The molecule has 1 atom stereocenters. The first-order valence-electron chi connectivity index (χ1n) is 7.86. The van der Waals surface area contributed by atoms with Crippen LogP contribution >= 0.6 is 24.0 Å². The minimum Gasteiger partial charge on any atom is -0.357 e. The number of nitrogens with one attached hydrogen (secondary N) is 1. The fraction of sp³-hybridized carbons (Fsp3) is 0.812. The lowest BCUT2D eigenvalue weighted by molar-refractivity contribution is 0.270. The van der Waals surface area contributed by atoms with Crippen LogP contribution < -0.4 is 5.32 Å². The minimum atomic E-state index is 0. The maximum atomic E-state index is 4.84. The molecule has 0 aromatic rings. The van der Waals surface area contributed by atoms with E-state index in [1.807, 2.05) is 6.08 Å². The van der Waals surface area contributed by atoms with Crippen LogP contribution in [0, 0.1) is 5.92 Å². The average molecular weight is 408 g/mol. The van der Waals surface area contributed by atoms with Crippen LogP contribution in [0.1, 0.15) is 32.6 Å². The van der Waals surface area contributed by atoms with Crippen LogP contribution in [0.3, 0.4) is 0 Å². The molecular weight excluding hydrogens is 375 g/mol. The predicted octanol–water partition coefficient (Wildman–Crippen LogP) is 2.81. The van der Waals surface area contributed by atoms with Gasteiger partial charge in [-0.25, -0.2) is 0 Å². The van der Waals surface area contributed by atoms with Crippen LogP contribution in [0.2, 0.25) is 0 Å². The fourth-order valence-electron chi connectivity index (χ4n) is 2.44. The van der Waals surface area contributed by atoms with Crippen molar-refractivity contribution in [1.29, 1.82) is 0 Å². The first-order chi connectivity index (χ1) is 9.60. The van der Waals surface area contributed by atoms with Crippen molar-refractivity contribution in [2.75, 3.05) is 40.8 Å². The van der Waals surface area contributed by atoms with Crippen molar-refractivity contribution in [2.45, 2.75) is 38.6 Å². The fourth-order valence-corrected chi connectivity index (χ4v) is 2.44. The molecule has 0 aliphatic heterocycles. The molecule has 21 heavy (non-hydrogen) atoms. The van der Waals surface area contributed by atoms with Gasteiger partial charge in [0.25, 0.3) is 0 Å². The zero-order chi connectivity index (χ0) is 15.0. The largest absolute Gasteiger partial charge is 0.357 e. The van der Waals surface area contributed by atoms with Crippen LogP contribution in [0.5, 0.6) is 0 Å². The number of hydrogen-bond acceptors (Lipinski definition) is 2. The molecule has 1 N–H and O–H groups in total. The SMILES string of the molecule is C=CCCCN(C)C(=NCC(C1CC1)N(C)C)NCC.I. The summed E-state index contributed by atoms with van der Waals surface area (Å²) in [7, 11) is 6.45. The molecule has 0 bridgehead atoms. The Balaban J connectivity index is 0.00000400. The Morgan fingerprint density at radius 2 is 2.05 bits per heavy atom. The summed E-state index contributed by atoms with van der Waals surface area (Å²) in [5, 5.41) is 3.39. The monoisotopic (exact) mass is 408 g/mol. The molecular formula is C16H33IN4. The average Bonchev–Trinajstić information content (AvgIpc) is 3.22. The molecule has 1 saturated carbocycles. The minimum absolute atomic E-state index is 0. The van der Waals surface area contributed by atoms with E-state index in [-0.39, 0.29) is 24.0 Å². The predicted molar refractivity (Wildman–Crippen MR) is 104 cm³/mol. The van der Waals surface area contributed by atoms with Crippen LogP contribution in [-0.2, 0) is 0 Å². The number of unbranched alkanes of at least 4 members (excludes halogenated alkanes) is 1. The number of likely N-dealkylation sites (N-methyl/N-ethyl adjacent to an activating group) is 1. The first-order valence-corrected chi connectivity index (χ1v) is 7.86. The van der Waals surface area contributed by atoms with Gasteiger partial charge in [-0.15, -0.1) is 30.6 Å². The van der Waals surface area contributed by atoms with Crippen molar-refractivity contribution < 1.29 is 0 Å². The van der Waals surface area contributed by atoms with E-state index in [0.717, 1.165) is 44.4 Å². The van der Waals surface area contributed by atoms with Crippen molar-refractivity contribution >= 4 is 29.9 Å². The summed E-state index contributed by atoms with van der Waals surface area (Å²) in [4.78, 5) is 9.39. The summed E-state index contributed by atoms with van der Waals surface area (Å²) in [6, 6.07) is 0.588. The Hall–Kier alpha value is -0.300. The Kier molecular flexibility index (Phi) is 11.1. The summed E-state index contributed by atoms with van der Waals surface area (Å²) in [5.41, 5.74) is 0. The smallest absolute Gasteiger partial charge is 0.193 e. The van der Waals surface area contributed by atoms with Gasteiger partial charge in [0.15, 0.2) is 5.96 Å². The second-order valence-electron chi connectivity index (χ2n) is 5.92. The molecule has 124 valence electrons. The molecule has 0 aromatic carbocycles. The molecule has 1 aliphatic rings. The highest BCUT2D eigenvalue weighted by Crippen LogP contribution is 2.34. The molecule has 0 radical (unpaired) electrons. The van der Waals surface area contributed by atoms with Gasteiger partial charge < -0.3 is 15.1 Å². The van der Waals surface area contributed by atoms with Crippen molar-refractivity contribution in [1.82, 2.24) is 15.1 Å². The van der Waals surface area contributed by atoms with E-state index in [1.165, 1.54) is 12.8 Å². The summed E-state index contributed by atoms with van der Waals surface area (Å²) in [5.74, 6) is 1.88. The molecule has 4 nitrogen and oxygen atoms in total. The van der Waals surface area contributed by atoms with E-state index in [2.05, 4.69) is 49.8 Å². The zero-order valence-electron chi connectivity index (χ0n) is 14.1. The van der Waals surface area contributed by atoms with Crippen molar-refractivity contribution in [3.63, 3.8) is 0 Å². The van der Waals surface area contributed by atoms with Crippen molar-refractivity contribution in [3.05, 3.63) is 12.7 Å². The van der Waals surface area contributed by atoms with Gasteiger partial charge in [0, 0.05) is 26.2 Å². The maximum Gasteiger partial charge on any atom is 0.193 e. The third kappa shape index (κ3) is 8.04. The highest BCUT2D eigenvalue weighted by atomic mass is 127. The highest BCUT2D eigenvalue weighted by Gasteiger charge is 2.32. The Morgan fingerprint density at radius 3 is 2.52 bits per heavy atom. The molecule has 1 fully saturated rings. The van der Waals surface area contributed by atoms with E-state index in [4.69, 9.17) is 4.99 Å². The Labute approximate surface area is 148 Å². The molecule has 0 amide bonds. The highest BCUT2D eigenvalue weighted by molar-refractivity contribution is 14.0. The molecule has 1 unspecified atom stereocenters. The lowest BCUT2D eigenvalue weighted by atomic mass is 10.2. The molecule has 1 aliphatic carbocycles. The van der Waals surface area contributed by atoms with Gasteiger partial charge >= 0.3 is 0 Å². The number of aliphatic imine (C=N–C) groups is 1. The second kappa shape index (κ2) is 11.3. The summed E-state index contributed by atoms with van der Waals surface area (Å²) in [6.45, 7) is 8.73. The quantitative estimate of drug-likeness (QED) is 0.209. The molecule has 0 aromatic heterocycles. The van der Waals surface area contributed by atoms with Gasteiger partial charge in [-0.3, -0.25) is 4.99 Å². The van der Waals surface area contributed by atoms with Crippen LogP contribution in [0.15, 0.2) is 17.6 Å². The third-order valence-corrected chi connectivity index (χ3v) is 3.86. The normalized spacial score (nSPS) is 16.3. The van der Waals surface area contributed by atoms with Crippen molar-refractivity contribution in [2.24, 2.45) is 10.9 Å². The van der Waals surface area contributed by atoms with E-state index in [9.17, 15) is 0 Å². The van der Waals surface area contributed by atoms with Gasteiger partial charge in [0.05, 0.1) is 6.54 Å². The Bertz CT molecular complexity index is 311. The number of guanidine groups is 1. The van der Waals surface area contributed by atoms with Crippen LogP contribution in [0.25, 0.3) is 0 Å². The van der Waals surface area contributed by atoms with E-state index < -0.39 is 0 Å². The van der Waals surface area contributed by atoms with Gasteiger partial charge in [0.1, 0.15) is 0 Å². The number of allylic oxidation sites excluding steroid dienone is 1. The molecule has 0 saturated heterocycles. The van der Waals surface area contributed by atoms with E-state index in [1.54, 1.807) is 0 Å². The van der Waals surface area contributed by atoms with Crippen molar-refractivity contribution in [3.8, 4) is 0 Å². The van der Waals surface area contributed by atoms with Gasteiger partial charge in [-0.1, -0.05) is 6.08 Å². The van der Waals surface area contributed by atoms with Gasteiger partial charge in [-0.05, 0) is 52.6 Å². The lowest BCUT2D eigenvalue weighted by Gasteiger charge is -2.25. The van der Waals surface area contributed by atoms with Crippen LogP contribution in [0.4, 0.5) is 0 Å². The zero-order valence-corrected chi connectivity index (χ0v) is 16.5. The Morgan fingerprint density at radius 1 is 1.38 bits per heavy atom. The second-order valence-corrected chi connectivity index (χ2v) is 5.92. The van der Waals surface area contributed by atoms with E-state index in [0.29, 0.717) is 6.04 Å². The lowest BCUT2D eigenvalue weighted by Crippen LogP contribution is -2.41. The number of halogens is 1. The molecule has 0 spiro atoms. The number of rotatable bonds is 9. The number of hydrogen-bond donors (Lipinski definition) is 1. The summed E-state index contributed by atoms with van der Waals surface area (Å²) in [6.07, 6.45) is 6.90. The van der Waals surface area contributed by atoms with E-state index >= 15 is 0 Å². The topological polar surface area (TPSA) is 30.9 Å². The standard InChI is InChI=1S/C16H32N4.HI/c1-6-8-9-12-20(5)16(17-7-2)18-13-15(19(3)4)14-10-11-14;/h6,14-15H,1,7-13H2,2-5H3,(H,17,18);1H. The first kappa shape index (κ1) is 20.7. The number of nitrogens with zero attached hydrogens (tertiary/aromatic N) is 3.